The molecule has 1 aliphatic rings. The van der Waals surface area contributed by atoms with Gasteiger partial charge in [-0.25, -0.2) is 9.50 Å². The number of rotatable bonds is 3. The van der Waals surface area contributed by atoms with Gasteiger partial charge in [0.1, 0.15) is 6.07 Å². The van der Waals surface area contributed by atoms with Gasteiger partial charge in [0.05, 0.1) is 6.26 Å². The van der Waals surface area contributed by atoms with Gasteiger partial charge < -0.3 is 18.6 Å². The van der Waals surface area contributed by atoms with Crippen molar-refractivity contribution in [3.8, 4) is 17.7 Å². The number of fused-ring (bicyclic) bond motifs is 1. The Labute approximate surface area is 176 Å². The maximum Gasteiger partial charge on any atom is 0.293 e. The Bertz CT molecular complexity index is 1310. The number of hydrogen-bond acceptors (Lipinski definition) is 9. The smallest absolute Gasteiger partial charge is 0.293 e. The third kappa shape index (κ3) is 3.28. The molecule has 31 heavy (non-hydrogen) atoms. The number of carbonyl (C=O) groups is 1. The average Bonchev–Trinajstić information content (AvgIpc) is 3.51. The highest BCUT2D eigenvalue weighted by Crippen LogP contribution is 2.29. The van der Waals surface area contributed by atoms with Gasteiger partial charge in [-0.15, -0.1) is 5.10 Å². The van der Waals surface area contributed by atoms with Gasteiger partial charge in [0.15, 0.2) is 5.76 Å². The van der Waals surface area contributed by atoms with Crippen molar-refractivity contribution in [3.63, 3.8) is 0 Å². The van der Waals surface area contributed by atoms with Gasteiger partial charge in [0.2, 0.25) is 17.4 Å². The van der Waals surface area contributed by atoms with Crippen molar-refractivity contribution in [1.82, 2.24) is 29.5 Å². The number of aryl methyl sites for hydroxylation is 2. The Hall–Kier alpha value is -4.20. The summed E-state index contributed by atoms with van der Waals surface area (Å²) >= 11 is 0. The third-order valence-electron chi connectivity index (χ3n) is 5.11. The van der Waals surface area contributed by atoms with Crippen LogP contribution in [0.15, 0.2) is 33.3 Å². The normalized spacial score (nSPS) is 14.2. The molecular formula is C20H18N8O3. The van der Waals surface area contributed by atoms with Crippen LogP contribution >= 0.6 is 0 Å². The molecule has 156 valence electrons. The second kappa shape index (κ2) is 7.24. The molecule has 1 fully saturated rings. The number of carbonyl (C=O) groups excluding carboxylic acids is 1. The van der Waals surface area contributed by atoms with E-state index in [1.54, 1.807) is 21.5 Å². The molecule has 1 saturated heterocycles. The fourth-order valence-corrected chi connectivity index (χ4v) is 3.62. The quantitative estimate of drug-likeness (QED) is 0.489. The van der Waals surface area contributed by atoms with E-state index in [-0.39, 0.29) is 23.3 Å². The first kappa shape index (κ1) is 18.8. The summed E-state index contributed by atoms with van der Waals surface area (Å²) in [4.78, 5) is 29.4. The van der Waals surface area contributed by atoms with Crippen molar-refractivity contribution in [2.45, 2.75) is 13.8 Å². The molecule has 0 unspecified atom stereocenters. The van der Waals surface area contributed by atoms with Gasteiger partial charge in [-0.3, -0.25) is 4.79 Å². The summed E-state index contributed by atoms with van der Waals surface area (Å²) in [6, 6.07) is 7.39. The van der Waals surface area contributed by atoms with E-state index in [9.17, 15) is 10.1 Å². The lowest BCUT2D eigenvalue weighted by Gasteiger charge is -2.33. The fourth-order valence-electron chi connectivity index (χ4n) is 3.62. The highest BCUT2D eigenvalue weighted by Gasteiger charge is 2.29. The zero-order valence-corrected chi connectivity index (χ0v) is 16.9. The van der Waals surface area contributed by atoms with Gasteiger partial charge in [0, 0.05) is 37.6 Å². The number of aromatic nitrogens is 5. The van der Waals surface area contributed by atoms with Gasteiger partial charge in [-0.05, 0) is 32.0 Å². The molecular weight excluding hydrogens is 400 g/mol. The molecule has 1 amide bonds. The Morgan fingerprint density at radius 3 is 2.68 bits per heavy atom. The molecule has 4 aromatic heterocycles. The number of nitriles is 1. The summed E-state index contributed by atoms with van der Waals surface area (Å²) in [5.74, 6) is 1.35. The van der Waals surface area contributed by atoms with E-state index < -0.39 is 0 Å². The molecule has 0 aliphatic carbocycles. The van der Waals surface area contributed by atoms with Gasteiger partial charge in [0.25, 0.3) is 17.6 Å². The predicted octanol–water partition coefficient (Wildman–Crippen LogP) is 1.82. The topological polar surface area (TPSA) is 130 Å². The number of amides is 1. The molecule has 5 heterocycles. The lowest BCUT2D eigenvalue weighted by Crippen LogP contribution is -2.49. The molecule has 0 N–H and O–H groups in total. The van der Waals surface area contributed by atoms with Crippen LogP contribution in [0.4, 0.5) is 5.88 Å². The minimum atomic E-state index is -0.253. The molecule has 1 aliphatic heterocycles. The molecule has 0 radical (unpaired) electrons. The Morgan fingerprint density at radius 2 is 1.97 bits per heavy atom. The lowest BCUT2D eigenvalue weighted by atomic mass is 10.3. The van der Waals surface area contributed by atoms with Crippen LogP contribution in [0, 0.1) is 25.2 Å². The SMILES string of the molecule is Cc1cc(C)n2nc(C(=O)N3CCN(c4oc(-c5ccco5)nc4C#N)CC3)nc2n1. The number of oxazole rings is 1. The first-order valence-electron chi connectivity index (χ1n) is 9.73. The summed E-state index contributed by atoms with van der Waals surface area (Å²) in [5.41, 5.74) is 1.87. The fraction of sp³-hybridized carbons (Fsp3) is 0.300. The minimum absolute atomic E-state index is 0.118. The van der Waals surface area contributed by atoms with Crippen LogP contribution in [0.3, 0.4) is 0 Å². The Kier molecular flexibility index (Phi) is 4.39. The second-order valence-electron chi connectivity index (χ2n) is 7.23. The second-order valence-corrected chi connectivity index (χ2v) is 7.23. The lowest BCUT2D eigenvalue weighted by molar-refractivity contribution is 0.0733. The molecule has 0 spiro atoms. The van der Waals surface area contributed by atoms with Crippen molar-refractivity contribution in [1.29, 1.82) is 5.26 Å². The van der Waals surface area contributed by atoms with Crippen LogP contribution in [0.5, 0.6) is 0 Å². The Balaban J connectivity index is 1.32. The summed E-state index contributed by atoms with van der Waals surface area (Å²) in [7, 11) is 0. The van der Waals surface area contributed by atoms with E-state index in [1.165, 1.54) is 6.26 Å². The van der Waals surface area contributed by atoms with E-state index >= 15 is 0 Å². The van der Waals surface area contributed by atoms with E-state index in [0.717, 1.165) is 11.4 Å². The first-order chi connectivity index (χ1) is 15.0. The van der Waals surface area contributed by atoms with Crippen molar-refractivity contribution in [2.75, 3.05) is 31.1 Å². The number of furan rings is 1. The van der Waals surface area contributed by atoms with E-state index in [0.29, 0.717) is 43.6 Å². The van der Waals surface area contributed by atoms with Crippen LogP contribution < -0.4 is 4.90 Å². The number of piperazine rings is 1. The van der Waals surface area contributed by atoms with Gasteiger partial charge >= 0.3 is 0 Å². The number of hydrogen-bond donors (Lipinski definition) is 0. The molecule has 0 saturated carbocycles. The van der Waals surface area contributed by atoms with Crippen LogP contribution in [0.25, 0.3) is 17.4 Å². The summed E-state index contributed by atoms with van der Waals surface area (Å²) < 4.78 is 12.7. The summed E-state index contributed by atoms with van der Waals surface area (Å²) in [5, 5.41) is 13.8. The number of nitrogens with zero attached hydrogens (tertiary/aromatic N) is 8. The van der Waals surface area contributed by atoms with Gasteiger partial charge in [-0.1, -0.05) is 0 Å². The molecule has 11 heteroatoms. The van der Waals surface area contributed by atoms with Crippen LogP contribution in [0.2, 0.25) is 0 Å². The van der Waals surface area contributed by atoms with Crippen molar-refractivity contribution < 1.29 is 13.6 Å². The molecule has 5 rings (SSSR count). The summed E-state index contributed by atoms with van der Waals surface area (Å²) in [6.07, 6.45) is 1.52. The maximum atomic E-state index is 12.9. The third-order valence-corrected chi connectivity index (χ3v) is 5.11. The minimum Gasteiger partial charge on any atom is -0.459 e. The van der Waals surface area contributed by atoms with Crippen molar-refractivity contribution >= 4 is 17.6 Å². The standard InChI is InChI=1S/C20H18N8O3/c1-12-10-13(2)28-20(22-12)24-16(25-28)18(29)26-5-7-27(8-6-26)19-14(11-21)23-17(31-19)15-4-3-9-30-15/h3-4,9-10H,5-8H2,1-2H3. The van der Waals surface area contributed by atoms with Crippen molar-refractivity contribution in [2.24, 2.45) is 0 Å². The molecule has 11 nitrogen and oxygen atoms in total. The zero-order valence-electron chi connectivity index (χ0n) is 16.9. The zero-order chi connectivity index (χ0) is 21.5. The van der Waals surface area contributed by atoms with E-state index in [4.69, 9.17) is 8.83 Å². The molecule has 4 aromatic rings. The maximum absolute atomic E-state index is 12.9. The van der Waals surface area contributed by atoms with E-state index in [2.05, 4.69) is 26.1 Å². The van der Waals surface area contributed by atoms with Gasteiger partial charge in [-0.2, -0.15) is 15.2 Å². The highest BCUT2D eigenvalue weighted by molar-refractivity contribution is 5.91. The monoisotopic (exact) mass is 418 g/mol. The van der Waals surface area contributed by atoms with E-state index in [1.807, 2.05) is 24.8 Å². The Morgan fingerprint density at radius 1 is 1.16 bits per heavy atom. The highest BCUT2D eigenvalue weighted by atomic mass is 16.4. The van der Waals surface area contributed by atoms with Crippen LogP contribution in [-0.4, -0.2) is 61.6 Å². The average molecular weight is 418 g/mol. The molecule has 0 atom stereocenters. The van der Waals surface area contributed by atoms with Crippen LogP contribution in [0.1, 0.15) is 27.7 Å². The largest absolute Gasteiger partial charge is 0.459 e. The number of anilines is 1. The molecule has 0 bridgehead atoms. The van der Waals surface area contributed by atoms with Crippen molar-refractivity contribution in [3.05, 3.63) is 47.4 Å². The van der Waals surface area contributed by atoms with Crippen LogP contribution in [-0.2, 0) is 0 Å². The first-order valence-corrected chi connectivity index (χ1v) is 9.73. The predicted molar refractivity (Wildman–Crippen MR) is 107 cm³/mol. The summed E-state index contributed by atoms with van der Waals surface area (Å²) in [6.45, 7) is 5.60. The molecule has 0 aromatic carbocycles.